The minimum Gasteiger partial charge on any atom is -0.399 e. The molecule has 0 aliphatic rings. The normalized spacial score (nSPS) is 12.7. The zero-order chi connectivity index (χ0) is 17.0. The van der Waals surface area contributed by atoms with Crippen LogP contribution in [0.1, 0.15) is 12.5 Å². The molecule has 0 radical (unpaired) electrons. The zero-order valence-electron chi connectivity index (χ0n) is 12.2. The second-order valence-corrected chi connectivity index (χ2v) is 6.31. The number of hydrogen-bond donors (Lipinski definition) is 2. The Hall–Kier alpha value is -2.15. The monoisotopic (exact) mass is 340 g/mol. The molecule has 2 rings (SSSR count). The number of hydrogen-bond acceptors (Lipinski definition) is 3. The summed E-state index contributed by atoms with van der Waals surface area (Å²) in [5, 5.41) is 2.02. The van der Waals surface area contributed by atoms with E-state index in [2.05, 4.69) is 5.32 Å². The molecule has 0 aliphatic heterocycles. The van der Waals surface area contributed by atoms with Crippen LogP contribution in [0.5, 0.6) is 0 Å². The Morgan fingerprint density at radius 1 is 1.17 bits per heavy atom. The van der Waals surface area contributed by atoms with Crippen LogP contribution in [0.4, 0.5) is 24.5 Å². The lowest BCUT2D eigenvalue weighted by Gasteiger charge is -2.13. The maximum atomic E-state index is 12.7. The van der Waals surface area contributed by atoms with Crippen molar-refractivity contribution in [1.82, 2.24) is 0 Å². The maximum absolute atomic E-state index is 12.7. The van der Waals surface area contributed by atoms with Gasteiger partial charge in [0.15, 0.2) is 0 Å². The molecule has 7 heteroatoms. The zero-order valence-corrected chi connectivity index (χ0v) is 13.0. The van der Waals surface area contributed by atoms with Crippen molar-refractivity contribution in [2.45, 2.75) is 23.2 Å². The van der Waals surface area contributed by atoms with E-state index in [1.54, 1.807) is 25.1 Å². The van der Waals surface area contributed by atoms with E-state index in [0.29, 0.717) is 5.69 Å². The number of thioether (sulfide) groups is 1. The molecule has 0 aliphatic carbocycles. The van der Waals surface area contributed by atoms with Crippen LogP contribution in [0.15, 0.2) is 53.4 Å². The average molecular weight is 340 g/mol. The van der Waals surface area contributed by atoms with Crippen molar-refractivity contribution in [2.24, 2.45) is 0 Å². The third kappa shape index (κ3) is 4.92. The molecule has 1 amide bonds. The van der Waals surface area contributed by atoms with Crippen LogP contribution in [-0.4, -0.2) is 11.2 Å². The largest absolute Gasteiger partial charge is 0.416 e. The topological polar surface area (TPSA) is 55.1 Å². The highest BCUT2D eigenvalue weighted by molar-refractivity contribution is 8.00. The van der Waals surface area contributed by atoms with Gasteiger partial charge in [0.05, 0.1) is 10.8 Å². The average Bonchev–Trinajstić information content (AvgIpc) is 2.46. The number of nitrogen functional groups attached to an aromatic ring is 1. The van der Waals surface area contributed by atoms with Gasteiger partial charge >= 0.3 is 6.18 Å². The first-order valence-electron chi connectivity index (χ1n) is 6.76. The van der Waals surface area contributed by atoms with E-state index in [1.165, 1.54) is 23.9 Å². The standard InChI is InChI=1S/C16H15F3N2OS/c1-10(23-14-7-3-5-12(20)9-14)15(22)21-13-6-2-4-11(8-13)16(17,18)19/h2-10H,20H2,1H3,(H,21,22). The van der Waals surface area contributed by atoms with Crippen molar-refractivity contribution in [3.8, 4) is 0 Å². The van der Waals surface area contributed by atoms with Crippen LogP contribution in [0.25, 0.3) is 0 Å². The van der Waals surface area contributed by atoms with E-state index in [0.717, 1.165) is 17.0 Å². The summed E-state index contributed by atoms with van der Waals surface area (Å²) in [6.45, 7) is 1.68. The highest BCUT2D eigenvalue weighted by Gasteiger charge is 2.30. The van der Waals surface area contributed by atoms with Gasteiger partial charge in [0.25, 0.3) is 0 Å². The van der Waals surface area contributed by atoms with Gasteiger partial charge in [-0.15, -0.1) is 11.8 Å². The molecule has 3 nitrogen and oxygen atoms in total. The summed E-state index contributed by atoms with van der Waals surface area (Å²) in [5.74, 6) is -0.378. The summed E-state index contributed by atoms with van der Waals surface area (Å²) >= 11 is 1.28. The highest BCUT2D eigenvalue weighted by Crippen LogP contribution is 2.31. The van der Waals surface area contributed by atoms with E-state index in [-0.39, 0.29) is 11.6 Å². The van der Waals surface area contributed by atoms with Gasteiger partial charge in [0.2, 0.25) is 5.91 Å². The lowest BCUT2D eigenvalue weighted by atomic mass is 10.2. The Bertz CT molecular complexity index is 704. The Balaban J connectivity index is 2.04. The van der Waals surface area contributed by atoms with Crippen LogP contribution in [0.2, 0.25) is 0 Å². The number of alkyl halides is 3. The van der Waals surface area contributed by atoms with E-state index >= 15 is 0 Å². The number of anilines is 2. The number of rotatable bonds is 4. The van der Waals surface area contributed by atoms with Crippen molar-refractivity contribution in [1.29, 1.82) is 0 Å². The first-order valence-corrected chi connectivity index (χ1v) is 7.64. The van der Waals surface area contributed by atoms with E-state index in [4.69, 9.17) is 5.73 Å². The number of nitrogens with one attached hydrogen (secondary N) is 1. The molecule has 0 aromatic heterocycles. The summed E-state index contributed by atoms with van der Waals surface area (Å²) in [6.07, 6.45) is -4.44. The van der Waals surface area contributed by atoms with Gasteiger partial charge in [-0.05, 0) is 43.3 Å². The number of amides is 1. The maximum Gasteiger partial charge on any atom is 0.416 e. The molecule has 2 aromatic carbocycles. The van der Waals surface area contributed by atoms with Gasteiger partial charge in [-0.25, -0.2) is 0 Å². The number of nitrogens with two attached hydrogens (primary N) is 1. The van der Waals surface area contributed by atoms with Crippen molar-refractivity contribution < 1.29 is 18.0 Å². The van der Waals surface area contributed by atoms with Crippen LogP contribution < -0.4 is 11.1 Å². The van der Waals surface area contributed by atoms with E-state index < -0.39 is 17.0 Å². The number of carbonyl (C=O) groups excluding carboxylic acids is 1. The Morgan fingerprint density at radius 3 is 2.52 bits per heavy atom. The third-order valence-electron chi connectivity index (χ3n) is 3.00. The SMILES string of the molecule is CC(Sc1cccc(N)c1)C(=O)Nc1cccc(C(F)(F)F)c1. The summed E-state index contributed by atoms with van der Waals surface area (Å²) in [7, 11) is 0. The molecule has 3 N–H and O–H groups in total. The molecule has 0 spiro atoms. The fourth-order valence-corrected chi connectivity index (χ4v) is 2.80. The molecule has 2 aromatic rings. The molecule has 23 heavy (non-hydrogen) atoms. The minimum absolute atomic E-state index is 0.116. The quantitative estimate of drug-likeness (QED) is 0.640. The third-order valence-corrected chi connectivity index (χ3v) is 4.09. The van der Waals surface area contributed by atoms with Gasteiger partial charge in [-0.1, -0.05) is 12.1 Å². The van der Waals surface area contributed by atoms with Gasteiger partial charge in [0.1, 0.15) is 0 Å². The van der Waals surface area contributed by atoms with E-state index in [1.807, 2.05) is 6.07 Å². The van der Waals surface area contributed by atoms with Crippen molar-refractivity contribution in [2.75, 3.05) is 11.1 Å². The summed E-state index contributed by atoms with van der Waals surface area (Å²) in [6, 6.07) is 11.6. The van der Waals surface area contributed by atoms with E-state index in [9.17, 15) is 18.0 Å². The van der Waals surface area contributed by atoms with Crippen molar-refractivity contribution in [3.05, 3.63) is 54.1 Å². The second kappa shape index (κ2) is 6.95. The molecule has 1 atom stereocenters. The van der Waals surface area contributed by atoms with Gasteiger partial charge < -0.3 is 11.1 Å². The molecular weight excluding hydrogens is 325 g/mol. The van der Waals surface area contributed by atoms with Gasteiger partial charge in [-0.3, -0.25) is 4.79 Å². The Morgan fingerprint density at radius 2 is 1.87 bits per heavy atom. The van der Waals surface area contributed by atoms with Crippen LogP contribution in [0.3, 0.4) is 0 Å². The predicted octanol–water partition coefficient (Wildman–Crippen LogP) is 4.41. The summed E-state index contributed by atoms with van der Waals surface area (Å²) in [4.78, 5) is 12.9. The number of benzene rings is 2. The lowest BCUT2D eigenvalue weighted by molar-refractivity contribution is -0.137. The molecule has 0 fully saturated rings. The minimum atomic E-state index is -4.44. The number of halogens is 3. The predicted molar refractivity (Wildman–Crippen MR) is 86.2 cm³/mol. The fourth-order valence-electron chi connectivity index (χ4n) is 1.86. The van der Waals surface area contributed by atoms with Crippen molar-refractivity contribution >= 4 is 29.0 Å². The number of carbonyl (C=O) groups is 1. The summed E-state index contributed by atoms with van der Waals surface area (Å²) in [5.41, 5.74) is 5.57. The molecule has 0 saturated heterocycles. The van der Waals surface area contributed by atoms with Crippen LogP contribution in [0, 0.1) is 0 Å². The first-order chi connectivity index (χ1) is 10.8. The lowest BCUT2D eigenvalue weighted by Crippen LogP contribution is -2.22. The molecule has 0 bridgehead atoms. The first kappa shape index (κ1) is 17.2. The second-order valence-electron chi connectivity index (χ2n) is 4.90. The molecule has 1 unspecified atom stereocenters. The molecule has 122 valence electrons. The highest BCUT2D eigenvalue weighted by atomic mass is 32.2. The fraction of sp³-hybridized carbons (Fsp3) is 0.188. The molecular formula is C16H15F3N2OS. The van der Waals surface area contributed by atoms with Crippen LogP contribution in [-0.2, 0) is 11.0 Å². The Labute approximate surface area is 136 Å². The molecule has 0 heterocycles. The van der Waals surface area contributed by atoms with Gasteiger partial charge in [0, 0.05) is 16.3 Å². The Kier molecular flexibility index (Phi) is 5.20. The van der Waals surface area contributed by atoms with Crippen molar-refractivity contribution in [3.63, 3.8) is 0 Å². The summed E-state index contributed by atoms with van der Waals surface area (Å²) < 4.78 is 38.0. The molecule has 0 saturated carbocycles. The van der Waals surface area contributed by atoms with Gasteiger partial charge in [-0.2, -0.15) is 13.2 Å². The van der Waals surface area contributed by atoms with Crippen LogP contribution >= 0.6 is 11.8 Å². The smallest absolute Gasteiger partial charge is 0.399 e.